The Morgan fingerprint density at radius 1 is 1.45 bits per heavy atom. The number of aromatic nitrogens is 2. The lowest BCUT2D eigenvalue weighted by atomic mass is 10.3. The Bertz CT molecular complexity index is 790. The van der Waals surface area contributed by atoms with E-state index in [2.05, 4.69) is 11.1 Å². The molecule has 3 aromatic rings. The number of nitrogens with zero attached hydrogens (tertiary/aromatic N) is 3. The Morgan fingerprint density at radius 3 is 2.95 bits per heavy atom. The molecule has 0 aliphatic heterocycles. The Morgan fingerprint density at radius 2 is 2.20 bits per heavy atom. The Balaban J connectivity index is 2.23. The number of imidazole rings is 1. The molecular weight excluding hydrogens is 274 g/mol. The summed E-state index contributed by atoms with van der Waals surface area (Å²) in [6.07, 6.45) is -0.368. The topological polar surface area (TPSA) is 46.8 Å². The van der Waals surface area contributed by atoms with E-state index >= 15 is 0 Å². The molecule has 0 radical (unpaired) electrons. The quantitative estimate of drug-likeness (QED) is 0.726. The number of anilines is 1. The first-order chi connectivity index (χ1) is 9.63. The first kappa shape index (κ1) is 12.9. The molecule has 0 saturated carbocycles. The van der Waals surface area contributed by atoms with E-state index in [4.69, 9.17) is 4.74 Å². The van der Waals surface area contributed by atoms with Gasteiger partial charge in [-0.1, -0.05) is 23.5 Å². The number of carbonyl (C=O) groups excluding carboxylic acids is 1. The maximum atomic E-state index is 12.0. The molecule has 0 spiro atoms. The van der Waals surface area contributed by atoms with Crippen molar-refractivity contribution in [3.63, 3.8) is 0 Å². The smallest absolute Gasteiger partial charge is 0.415 e. The van der Waals surface area contributed by atoms with Gasteiger partial charge in [-0.15, -0.1) is 0 Å². The molecule has 3 rings (SSSR count). The fourth-order valence-electron chi connectivity index (χ4n) is 2.31. The van der Waals surface area contributed by atoms with Gasteiger partial charge in [0.15, 0.2) is 4.96 Å². The van der Waals surface area contributed by atoms with Crippen LogP contribution in [0.1, 0.15) is 12.6 Å². The van der Waals surface area contributed by atoms with Crippen molar-refractivity contribution in [1.82, 2.24) is 9.38 Å². The minimum absolute atomic E-state index is 0.356. The Hall–Kier alpha value is -2.08. The number of fused-ring (bicyclic) bond motifs is 3. The summed E-state index contributed by atoms with van der Waals surface area (Å²) in [4.78, 5) is 18.9. The average Bonchev–Trinajstić information content (AvgIpc) is 2.92. The summed E-state index contributed by atoms with van der Waals surface area (Å²) in [7, 11) is 1.71. The molecule has 0 N–H and O–H groups in total. The summed E-state index contributed by atoms with van der Waals surface area (Å²) >= 11 is 1.61. The summed E-state index contributed by atoms with van der Waals surface area (Å²) in [5.41, 5.74) is 1.87. The minimum atomic E-state index is -0.368. The molecule has 0 aliphatic rings. The van der Waals surface area contributed by atoms with Crippen LogP contribution in [0.5, 0.6) is 0 Å². The number of para-hydroxylation sites is 1. The monoisotopic (exact) mass is 289 g/mol. The largest absolute Gasteiger partial charge is 0.449 e. The number of amides is 1. The molecule has 0 unspecified atom stereocenters. The van der Waals surface area contributed by atoms with Crippen LogP contribution in [0, 0.1) is 6.92 Å². The maximum Gasteiger partial charge on any atom is 0.415 e. The molecule has 0 bridgehead atoms. The van der Waals surface area contributed by atoms with Crippen molar-refractivity contribution >= 4 is 38.4 Å². The normalized spacial score (nSPS) is 11.2. The highest BCUT2D eigenvalue weighted by Gasteiger charge is 2.22. The lowest BCUT2D eigenvalue weighted by Gasteiger charge is -2.16. The molecule has 0 aliphatic carbocycles. The highest BCUT2D eigenvalue weighted by Crippen LogP contribution is 2.32. The molecule has 2 aromatic heterocycles. The van der Waals surface area contributed by atoms with Crippen molar-refractivity contribution in [3.05, 3.63) is 30.0 Å². The summed E-state index contributed by atoms with van der Waals surface area (Å²) in [5, 5.41) is 0. The fraction of sp³-hybridized carbons (Fsp3) is 0.286. The predicted octanol–water partition coefficient (Wildman–Crippen LogP) is 3.45. The highest BCUT2D eigenvalue weighted by atomic mass is 32.1. The van der Waals surface area contributed by atoms with Gasteiger partial charge in [-0.25, -0.2) is 9.78 Å². The Kier molecular flexibility index (Phi) is 3.10. The average molecular weight is 289 g/mol. The fourth-order valence-corrected chi connectivity index (χ4v) is 3.37. The predicted molar refractivity (Wildman–Crippen MR) is 80.7 cm³/mol. The maximum absolute atomic E-state index is 12.0. The van der Waals surface area contributed by atoms with Crippen LogP contribution in [-0.2, 0) is 4.74 Å². The second-order valence-electron chi connectivity index (χ2n) is 4.47. The number of hydrogen-bond donors (Lipinski definition) is 0. The summed E-state index contributed by atoms with van der Waals surface area (Å²) < 4.78 is 8.22. The van der Waals surface area contributed by atoms with E-state index in [1.165, 1.54) is 4.90 Å². The van der Waals surface area contributed by atoms with Crippen molar-refractivity contribution in [2.45, 2.75) is 13.8 Å². The van der Waals surface area contributed by atoms with Crippen LogP contribution in [0.4, 0.5) is 10.6 Å². The molecule has 0 fully saturated rings. The van der Waals surface area contributed by atoms with Gasteiger partial charge in [-0.2, -0.15) is 0 Å². The van der Waals surface area contributed by atoms with Crippen LogP contribution in [0.2, 0.25) is 0 Å². The second-order valence-corrected chi connectivity index (χ2v) is 5.48. The molecule has 5 nitrogen and oxygen atoms in total. The number of rotatable bonds is 2. The van der Waals surface area contributed by atoms with E-state index < -0.39 is 0 Å². The van der Waals surface area contributed by atoms with E-state index in [1.54, 1.807) is 25.3 Å². The molecule has 1 amide bonds. The Labute approximate surface area is 120 Å². The third kappa shape index (κ3) is 1.84. The minimum Gasteiger partial charge on any atom is -0.449 e. The first-order valence-corrected chi connectivity index (χ1v) is 7.22. The molecule has 104 valence electrons. The molecule has 0 atom stereocenters. The van der Waals surface area contributed by atoms with Crippen LogP contribution < -0.4 is 4.90 Å². The number of benzene rings is 1. The standard InChI is InChI=1S/C14H15N3O2S/c1-4-19-14(18)16(3)12-9(2)15-13-17(12)10-7-5-6-8-11(10)20-13/h5-8H,4H2,1-3H3. The zero-order chi connectivity index (χ0) is 14.3. The summed E-state index contributed by atoms with van der Waals surface area (Å²) in [6, 6.07) is 8.07. The molecule has 2 heterocycles. The molecule has 6 heteroatoms. The SMILES string of the molecule is CCOC(=O)N(C)c1c(C)nc2sc3ccccc3n12. The van der Waals surface area contributed by atoms with E-state index in [0.717, 1.165) is 26.7 Å². The van der Waals surface area contributed by atoms with Gasteiger partial charge >= 0.3 is 6.09 Å². The van der Waals surface area contributed by atoms with Gasteiger partial charge in [0.2, 0.25) is 0 Å². The van der Waals surface area contributed by atoms with E-state index in [0.29, 0.717) is 6.61 Å². The van der Waals surface area contributed by atoms with Gasteiger partial charge in [0.25, 0.3) is 0 Å². The van der Waals surface area contributed by atoms with Gasteiger partial charge in [0.05, 0.1) is 22.5 Å². The van der Waals surface area contributed by atoms with Gasteiger partial charge in [-0.3, -0.25) is 9.30 Å². The number of ether oxygens (including phenoxy) is 1. The van der Waals surface area contributed by atoms with Crippen molar-refractivity contribution < 1.29 is 9.53 Å². The number of thiazole rings is 1. The van der Waals surface area contributed by atoms with Crippen LogP contribution in [0.3, 0.4) is 0 Å². The molecule has 1 aromatic carbocycles. The van der Waals surface area contributed by atoms with Gasteiger partial charge in [0, 0.05) is 7.05 Å². The zero-order valence-electron chi connectivity index (χ0n) is 11.6. The van der Waals surface area contributed by atoms with Crippen molar-refractivity contribution in [1.29, 1.82) is 0 Å². The van der Waals surface area contributed by atoms with E-state index in [1.807, 2.05) is 29.5 Å². The lowest BCUT2D eigenvalue weighted by molar-refractivity contribution is 0.161. The van der Waals surface area contributed by atoms with Crippen LogP contribution in [-0.4, -0.2) is 29.1 Å². The molecule has 20 heavy (non-hydrogen) atoms. The number of aryl methyl sites for hydroxylation is 1. The van der Waals surface area contributed by atoms with Gasteiger partial charge in [-0.05, 0) is 26.0 Å². The summed E-state index contributed by atoms with van der Waals surface area (Å²) in [6.45, 7) is 4.05. The van der Waals surface area contributed by atoms with Crippen LogP contribution in [0.15, 0.2) is 24.3 Å². The van der Waals surface area contributed by atoms with Crippen molar-refractivity contribution in [3.8, 4) is 0 Å². The molecular formula is C14H15N3O2S. The van der Waals surface area contributed by atoms with Crippen LogP contribution in [0.25, 0.3) is 15.2 Å². The highest BCUT2D eigenvalue weighted by molar-refractivity contribution is 7.23. The van der Waals surface area contributed by atoms with Crippen molar-refractivity contribution in [2.24, 2.45) is 0 Å². The zero-order valence-corrected chi connectivity index (χ0v) is 12.4. The van der Waals surface area contributed by atoms with Gasteiger partial charge < -0.3 is 4.74 Å². The van der Waals surface area contributed by atoms with E-state index in [9.17, 15) is 4.79 Å². The van der Waals surface area contributed by atoms with E-state index in [-0.39, 0.29) is 6.09 Å². The third-order valence-corrected chi connectivity index (χ3v) is 4.18. The second kappa shape index (κ2) is 4.79. The molecule has 0 saturated heterocycles. The first-order valence-electron chi connectivity index (χ1n) is 6.40. The van der Waals surface area contributed by atoms with Gasteiger partial charge in [0.1, 0.15) is 5.82 Å². The number of hydrogen-bond acceptors (Lipinski definition) is 4. The lowest BCUT2D eigenvalue weighted by Crippen LogP contribution is -2.28. The third-order valence-electron chi connectivity index (χ3n) is 3.16. The van der Waals surface area contributed by atoms with Crippen LogP contribution >= 0.6 is 11.3 Å². The van der Waals surface area contributed by atoms with Crippen molar-refractivity contribution in [2.75, 3.05) is 18.6 Å². The summed E-state index contributed by atoms with van der Waals surface area (Å²) in [5.74, 6) is 0.760. The number of carbonyl (C=O) groups is 1.